The second-order valence-electron chi connectivity index (χ2n) is 7.26. The third kappa shape index (κ3) is 3.80. The summed E-state index contributed by atoms with van der Waals surface area (Å²) < 4.78 is 66.1. The summed E-state index contributed by atoms with van der Waals surface area (Å²) in [5.41, 5.74) is -4.48. The molecular formula is C19H14F5N3O4. The van der Waals surface area contributed by atoms with E-state index in [1.54, 1.807) is 0 Å². The minimum atomic E-state index is -5.06. The number of hydrogen-bond acceptors (Lipinski definition) is 4. The molecule has 31 heavy (non-hydrogen) atoms. The molecule has 164 valence electrons. The molecule has 7 nitrogen and oxygen atoms in total. The molecule has 2 aromatic rings. The topological polar surface area (TPSA) is 83.8 Å². The van der Waals surface area contributed by atoms with Gasteiger partial charge in [-0.2, -0.15) is 13.2 Å². The van der Waals surface area contributed by atoms with Gasteiger partial charge < -0.3 is 4.90 Å². The van der Waals surface area contributed by atoms with E-state index in [4.69, 9.17) is 0 Å². The Morgan fingerprint density at radius 1 is 1.06 bits per heavy atom. The van der Waals surface area contributed by atoms with Gasteiger partial charge >= 0.3 is 12.2 Å². The summed E-state index contributed by atoms with van der Waals surface area (Å²) in [6, 6.07) is 3.27. The SMILES string of the molecule is CC1(C)C(=O)N(c2ccc(F)c(C(F)(F)F)c2)C(=O)N1Cc1ccc(F)cc1[N+](=O)[O-]. The summed E-state index contributed by atoms with van der Waals surface area (Å²) in [5.74, 6) is -3.37. The van der Waals surface area contributed by atoms with Crippen molar-refractivity contribution in [3.8, 4) is 0 Å². The third-order valence-corrected chi connectivity index (χ3v) is 4.91. The van der Waals surface area contributed by atoms with Gasteiger partial charge in [0.15, 0.2) is 0 Å². The maximum Gasteiger partial charge on any atom is 0.419 e. The van der Waals surface area contributed by atoms with Crippen LogP contribution in [-0.4, -0.2) is 27.3 Å². The zero-order chi connectivity index (χ0) is 23.3. The van der Waals surface area contributed by atoms with Crippen LogP contribution in [0.5, 0.6) is 0 Å². The van der Waals surface area contributed by atoms with E-state index in [-0.39, 0.29) is 5.56 Å². The van der Waals surface area contributed by atoms with E-state index in [1.165, 1.54) is 13.8 Å². The lowest BCUT2D eigenvalue weighted by molar-refractivity contribution is -0.385. The Kier molecular flexibility index (Phi) is 5.20. The highest BCUT2D eigenvalue weighted by Crippen LogP contribution is 2.38. The van der Waals surface area contributed by atoms with E-state index in [9.17, 15) is 41.7 Å². The molecule has 0 aliphatic carbocycles. The van der Waals surface area contributed by atoms with Crippen LogP contribution in [0.3, 0.4) is 0 Å². The first kappa shape index (κ1) is 22.1. The number of nitro benzene ring substituents is 1. The lowest BCUT2D eigenvalue weighted by Crippen LogP contribution is -2.43. The molecular weight excluding hydrogens is 429 g/mol. The van der Waals surface area contributed by atoms with Crippen molar-refractivity contribution in [1.82, 2.24) is 4.90 Å². The number of amides is 3. The van der Waals surface area contributed by atoms with Crippen LogP contribution in [-0.2, 0) is 17.5 Å². The van der Waals surface area contributed by atoms with Crippen molar-refractivity contribution in [2.24, 2.45) is 0 Å². The fourth-order valence-corrected chi connectivity index (χ4v) is 3.21. The third-order valence-electron chi connectivity index (χ3n) is 4.91. The fraction of sp³-hybridized carbons (Fsp3) is 0.263. The second-order valence-corrected chi connectivity index (χ2v) is 7.26. The van der Waals surface area contributed by atoms with Crippen molar-refractivity contribution in [1.29, 1.82) is 0 Å². The normalized spacial score (nSPS) is 16.2. The van der Waals surface area contributed by atoms with Gasteiger partial charge in [0, 0.05) is 5.56 Å². The van der Waals surface area contributed by atoms with Crippen molar-refractivity contribution in [2.45, 2.75) is 32.1 Å². The first-order chi connectivity index (χ1) is 14.2. The first-order valence-corrected chi connectivity index (χ1v) is 8.71. The summed E-state index contributed by atoms with van der Waals surface area (Å²) in [6.07, 6.45) is -5.06. The number of alkyl halides is 3. The van der Waals surface area contributed by atoms with Crippen LogP contribution < -0.4 is 4.90 Å². The highest BCUT2D eigenvalue weighted by atomic mass is 19.4. The molecule has 0 atom stereocenters. The number of anilines is 1. The van der Waals surface area contributed by atoms with Gasteiger partial charge in [-0.25, -0.2) is 18.5 Å². The predicted molar refractivity (Wildman–Crippen MR) is 97.0 cm³/mol. The number of benzene rings is 2. The van der Waals surface area contributed by atoms with Gasteiger partial charge in [-0.3, -0.25) is 14.9 Å². The summed E-state index contributed by atoms with van der Waals surface area (Å²) in [4.78, 5) is 37.5. The van der Waals surface area contributed by atoms with Crippen LogP contribution in [0.25, 0.3) is 0 Å². The Hall–Kier alpha value is -3.57. The van der Waals surface area contributed by atoms with E-state index in [1.807, 2.05) is 0 Å². The Bertz CT molecular complexity index is 1100. The Morgan fingerprint density at radius 3 is 2.29 bits per heavy atom. The van der Waals surface area contributed by atoms with Crippen LogP contribution >= 0.6 is 0 Å². The Balaban J connectivity index is 2.04. The van der Waals surface area contributed by atoms with Crippen LogP contribution in [0.2, 0.25) is 0 Å². The first-order valence-electron chi connectivity index (χ1n) is 8.71. The smallest absolute Gasteiger partial charge is 0.305 e. The molecule has 0 bridgehead atoms. The van der Waals surface area contributed by atoms with E-state index >= 15 is 0 Å². The molecule has 0 saturated carbocycles. The average molecular weight is 443 g/mol. The quantitative estimate of drug-likeness (QED) is 0.298. The standard InChI is InChI=1S/C19H14F5N3O4/c1-18(2)16(28)26(12-5-6-14(21)13(8-12)19(22,23)24)17(29)25(18)9-10-3-4-11(20)7-15(10)27(30)31/h3-8H,9H2,1-2H3. The minimum absolute atomic E-state index is 0.0856. The van der Waals surface area contributed by atoms with Crippen molar-refractivity contribution >= 4 is 23.3 Å². The monoisotopic (exact) mass is 443 g/mol. The van der Waals surface area contributed by atoms with Gasteiger partial charge in [0.1, 0.15) is 17.2 Å². The lowest BCUT2D eigenvalue weighted by atomic mass is 10.0. The zero-order valence-corrected chi connectivity index (χ0v) is 16.0. The summed E-state index contributed by atoms with van der Waals surface area (Å²) in [7, 11) is 0. The largest absolute Gasteiger partial charge is 0.419 e. The van der Waals surface area contributed by atoms with Crippen LogP contribution in [0.1, 0.15) is 25.0 Å². The van der Waals surface area contributed by atoms with Gasteiger partial charge in [-0.1, -0.05) is 0 Å². The number of hydrogen-bond donors (Lipinski definition) is 0. The molecule has 0 radical (unpaired) electrons. The number of carbonyl (C=O) groups is 2. The number of imide groups is 1. The highest BCUT2D eigenvalue weighted by molar-refractivity contribution is 6.23. The fourth-order valence-electron chi connectivity index (χ4n) is 3.21. The average Bonchev–Trinajstić information content (AvgIpc) is 2.82. The summed E-state index contributed by atoms with van der Waals surface area (Å²) >= 11 is 0. The maximum absolute atomic E-state index is 13.6. The van der Waals surface area contributed by atoms with Crippen LogP contribution in [0.4, 0.5) is 38.1 Å². The second kappa shape index (κ2) is 7.29. The van der Waals surface area contributed by atoms with E-state index in [0.29, 0.717) is 23.1 Å². The van der Waals surface area contributed by atoms with Gasteiger partial charge in [0.05, 0.1) is 28.8 Å². The molecule has 0 aromatic heterocycles. The van der Waals surface area contributed by atoms with Gasteiger partial charge in [0.2, 0.25) is 0 Å². The predicted octanol–water partition coefficient (Wildman–Crippen LogP) is 4.64. The highest BCUT2D eigenvalue weighted by Gasteiger charge is 2.52. The Labute approximate surface area is 171 Å². The lowest BCUT2D eigenvalue weighted by Gasteiger charge is -2.27. The number of nitrogens with zero attached hydrogens (tertiary/aromatic N) is 3. The number of nitro groups is 1. The number of urea groups is 1. The molecule has 3 amide bonds. The molecule has 0 N–H and O–H groups in total. The minimum Gasteiger partial charge on any atom is -0.305 e. The number of rotatable bonds is 4. The van der Waals surface area contributed by atoms with Crippen molar-refractivity contribution in [2.75, 3.05) is 4.90 Å². The van der Waals surface area contributed by atoms with Crippen molar-refractivity contribution < 1.29 is 36.5 Å². The van der Waals surface area contributed by atoms with Crippen LogP contribution in [0, 0.1) is 21.7 Å². The maximum atomic E-state index is 13.6. The number of halogens is 5. The molecule has 0 unspecified atom stereocenters. The summed E-state index contributed by atoms with van der Waals surface area (Å²) in [5, 5.41) is 11.2. The van der Waals surface area contributed by atoms with Gasteiger partial charge in [-0.15, -0.1) is 0 Å². The molecule has 1 aliphatic heterocycles. The number of carbonyl (C=O) groups excluding carboxylic acids is 2. The molecule has 1 aliphatic rings. The van der Waals surface area contributed by atoms with E-state index < -0.39 is 63.7 Å². The van der Waals surface area contributed by atoms with Gasteiger partial charge in [-0.05, 0) is 44.2 Å². The molecule has 1 fully saturated rings. The van der Waals surface area contributed by atoms with Gasteiger partial charge in [0.25, 0.3) is 11.6 Å². The molecule has 2 aromatic carbocycles. The molecule has 12 heteroatoms. The molecule has 1 saturated heterocycles. The van der Waals surface area contributed by atoms with Crippen molar-refractivity contribution in [3.05, 3.63) is 69.3 Å². The zero-order valence-electron chi connectivity index (χ0n) is 16.0. The molecule has 3 rings (SSSR count). The molecule has 1 heterocycles. The summed E-state index contributed by atoms with van der Waals surface area (Å²) in [6.45, 7) is 2.12. The molecule has 0 spiro atoms. The van der Waals surface area contributed by atoms with Crippen molar-refractivity contribution in [3.63, 3.8) is 0 Å². The Morgan fingerprint density at radius 2 is 1.71 bits per heavy atom. The van der Waals surface area contributed by atoms with E-state index in [2.05, 4.69) is 0 Å². The van der Waals surface area contributed by atoms with Crippen LogP contribution in [0.15, 0.2) is 36.4 Å². The van der Waals surface area contributed by atoms with E-state index in [0.717, 1.165) is 23.1 Å².